The highest BCUT2D eigenvalue weighted by molar-refractivity contribution is 9.09. The molecule has 2 nitrogen and oxygen atoms in total. The van der Waals surface area contributed by atoms with Gasteiger partial charge in [0, 0.05) is 12.3 Å². The highest BCUT2D eigenvalue weighted by Crippen LogP contribution is 1.96. The Morgan fingerprint density at radius 2 is 1.90 bits per heavy atom. The molecule has 0 aromatic carbocycles. The van der Waals surface area contributed by atoms with Gasteiger partial charge in [0.15, 0.2) is 5.78 Å². The zero-order valence-electron chi connectivity index (χ0n) is 5.40. The zero-order chi connectivity index (χ0) is 7.98. The largest absolute Gasteiger partial charge is 0.291 e. The summed E-state index contributed by atoms with van der Waals surface area (Å²) in [5, 5.41) is 0.119. The van der Waals surface area contributed by atoms with Gasteiger partial charge in [-0.05, 0) is 6.42 Å². The molecule has 0 aromatic rings. The first-order valence-corrected chi connectivity index (χ1v) is 4.56. The Hall–Kier alpha value is 0.110. The van der Waals surface area contributed by atoms with Gasteiger partial charge in [0.2, 0.25) is 5.78 Å². The van der Waals surface area contributed by atoms with E-state index in [-0.39, 0.29) is 23.3 Å². The third-order valence-electron chi connectivity index (χ3n) is 0.970. The van der Waals surface area contributed by atoms with Gasteiger partial charge >= 0.3 is 0 Å². The van der Waals surface area contributed by atoms with Crippen molar-refractivity contribution in [3.8, 4) is 0 Å². The summed E-state index contributed by atoms with van der Waals surface area (Å²) in [6.07, 6.45) is 0.854. The van der Waals surface area contributed by atoms with Crippen LogP contribution in [0.25, 0.3) is 0 Å². The van der Waals surface area contributed by atoms with E-state index < -0.39 is 0 Å². The minimum absolute atomic E-state index is 0.119. The lowest BCUT2D eigenvalue weighted by Crippen LogP contribution is -2.14. The lowest BCUT2D eigenvalue weighted by atomic mass is 10.2. The van der Waals surface area contributed by atoms with Crippen molar-refractivity contribution in [3.05, 3.63) is 0 Å². The molecule has 0 aromatic heterocycles. The van der Waals surface area contributed by atoms with Crippen LogP contribution in [0.3, 0.4) is 0 Å². The van der Waals surface area contributed by atoms with E-state index in [4.69, 9.17) is 11.6 Å². The standard InChI is InChI=1S/C6H8BrClO2/c7-4-6(10)5(9)2-1-3-8/h1-4H2. The Morgan fingerprint density at radius 1 is 1.30 bits per heavy atom. The fraction of sp³-hybridized carbons (Fsp3) is 0.667. The van der Waals surface area contributed by atoms with Crippen LogP contribution in [0.15, 0.2) is 0 Å². The molecule has 0 radical (unpaired) electrons. The number of alkyl halides is 2. The van der Waals surface area contributed by atoms with E-state index in [0.717, 1.165) is 0 Å². The lowest BCUT2D eigenvalue weighted by Gasteiger charge is -1.92. The van der Waals surface area contributed by atoms with Gasteiger partial charge in [-0.1, -0.05) is 15.9 Å². The summed E-state index contributed by atoms with van der Waals surface area (Å²) in [5.41, 5.74) is 0. The third-order valence-corrected chi connectivity index (χ3v) is 1.75. The Labute approximate surface area is 73.1 Å². The second-order valence-corrected chi connectivity index (χ2v) is 2.71. The maximum Gasteiger partial charge on any atom is 0.208 e. The topological polar surface area (TPSA) is 34.1 Å². The first kappa shape index (κ1) is 10.1. The molecule has 0 aliphatic heterocycles. The van der Waals surface area contributed by atoms with Crippen LogP contribution in [-0.2, 0) is 9.59 Å². The minimum atomic E-state index is -0.370. The van der Waals surface area contributed by atoms with Gasteiger partial charge in [-0.2, -0.15) is 0 Å². The maximum absolute atomic E-state index is 10.7. The second kappa shape index (κ2) is 5.86. The van der Waals surface area contributed by atoms with Gasteiger partial charge < -0.3 is 0 Å². The molecule has 0 aliphatic rings. The highest BCUT2D eigenvalue weighted by Gasteiger charge is 2.09. The van der Waals surface area contributed by atoms with Crippen LogP contribution in [0.1, 0.15) is 12.8 Å². The lowest BCUT2D eigenvalue weighted by molar-refractivity contribution is -0.135. The fourth-order valence-electron chi connectivity index (χ4n) is 0.441. The van der Waals surface area contributed by atoms with E-state index in [2.05, 4.69) is 15.9 Å². The summed E-state index contributed by atoms with van der Waals surface area (Å²) in [6, 6.07) is 0. The van der Waals surface area contributed by atoms with E-state index in [1.165, 1.54) is 0 Å². The summed E-state index contributed by atoms with van der Waals surface area (Å²) in [7, 11) is 0. The van der Waals surface area contributed by atoms with Crippen molar-refractivity contribution in [1.82, 2.24) is 0 Å². The van der Waals surface area contributed by atoms with E-state index in [0.29, 0.717) is 12.3 Å². The van der Waals surface area contributed by atoms with Crippen molar-refractivity contribution in [2.45, 2.75) is 12.8 Å². The summed E-state index contributed by atoms with van der Waals surface area (Å²) in [5.74, 6) is -0.274. The van der Waals surface area contributed by atoms with Gasteiger partial charge in [-0.3, -0.25) is 9.59 Å². The molecule has 58 valence electrons. The molecule has 10 heavy (non-hydrogen) atoms. The smallest absolute Gasteiger partial charge is 0.208 e. The fourth-order valence-corrected chi connectivity index (χ4v) is 0.888. The molecular formula is C6H8BrClO2. The Balaban J connectivity index is 3.52. The van der Waals surface area contributed by atoms with Crippen LogP contribution in [0, 0.1) is 0 Å². The summed E-state index contributed by atoms with van der Waals surface area (Å²) in [4.78, 5) is 21.3. The van der Waals surface area contributed by atoms with Crippen LogP contribution in [0.5, 0.6) is 0 Å². The SMILES string of the molecule is O=C(CBr)C(=O)CCCCl. The highest BCUT2D eigenvalue weighted by atomic mass is 79.9. The average Bonchev–Trinajstić information content (AvgIpc) is 1.98. The van der Waals surface area contributed by atoms with E-state index >= 15 is 0 Å². The van der Waals surface area contributed by atoms with E-state index in [9.17, 15) is 9.59 Å². The van der Waals surface area contributed by atoms with E-state index in [1.54, 1.807) is 0 Å². The van der Waals surface area contributed by atoms with Crippen molar-refractivity contribution in [1.29, 1.82) is 0 Å². The van der Waals surface area contributed by atoms with E-state index in [1.807, 2.05) is 0 Å². The molecule has 0 bridgehead atoms. The summed E-state index contributed by atoms with van der Waals surface area (Å²) < 4.78 is 0. The first-order valence-electron chi connectivity index (χ1n) is 2.90. The molecule has 4 heteroatoms. The van der Waals surface area contributed by atoms with Gasteiger partial charge in [0.25, 0.3) is 0 Å². The van der Waals surface area contributed by atoms with Gasteiger partial charge in [-0.25, -0.2) is 0 Å². The summed E-state index contributed by atoms with van der Waals surface area (Å²) in [6.45, 7) is 0. The molecule has 0 aliphatic carbocycles. The number of carbonyl (C=O) groups is 2. The Bertz CT molecular complexity index is 136. The monoisotopic (exact) mass is 226 g/mol. The Morgan fingerprint density at radius 3 is 2.30 bits per heavy atom. The van der Waals surface area contributed by atoms with Gasteiger partial charge in [-0.15, -0.1) is 11.6 Å². The molecule has 0 unspecified atom stereocenters. The van der Waals surface area contributed by atoms with Gasteiger partial charge in [0.1, 0.15) is 0 Å². The van der Waals surface area contributed by atoms with Crippen LogP contribution in [0.2, 0.25) is 0 Å². The molecule has 0 saturated carbocycles. The number of hydrogen-bond donors (Lipinski definition) is 0. The number of ketones is 2. The average molecular weight is 227 g/mol. The number of hydrogen-bond acceptors (Lipinski definition) is 2. The van der Waals surface area contributed by atoms with Crippen molar-refractivity contribution >= 4 is 39.1 Å². The molecule has 0 rings (SSSR count). The van der Waals surface area contributed by atoms with Crippen LogP contribution < -0.4 is 0 Å². The predicted molar refractivity (Wildman–Crippen MR) is 43.8 cm³/mol. The van der Waals surface area contributed by atoms with Crippen molar-refractivity contribution in [3.63, 3.8) is 0 Å². The molecule has 0 amide bonds. The Kier molecular flexibility index (Phi) is 5.93. The molecule has 0 heterocycles. The maximum atomic E-state index is 10.7. The number of rotatable bonds is 5. The van der Waals surface area contributed by atoms with Crippen LogP contribution in [-0.4, -0.2) is 22.8 Å². The van der Waals surface area contributed by atoms with Crippen molar-refractivity contribution < 1.29 is 9.59 Å². The number of carbonyl (C=O) groups excluding carboxylic acids is 2. The van der Waals surface area contributed by atoms with Gasteiger partial charge in [0.05, 0.1) is 5.33 Å². The second-order valence-electron chi connectivity index (χ2n) is 1.77. The quantitative estimate of drug-likeness (QED) is 0.527. The van der Waals surface area contributed by atoms with Crippen LogP contribution >= 0.6 is 27.5 Å². The first-order chi connectivity index (χ1) is 4.72. The zero-order valence-corrected chi connectivity index (χ0v) is 7.74. The number of Topliss-reactive ketones (excluding diaryl/α,β-unsaturated/α-hetero) is 2. The third kappa shape index (κ3) is 4.01. The normalized spacial score (nSPS) is 9.40. The van der Waals surface area contributed by atoms with Crippen LogP contribution in [0.4, 0.5) is 0 Å². The molecule has 0 fully saturated rings. The summed E-state index contributed by atoms with van der Waals surface area (Å²) >= 11 is 8.22. The molecule has 0 atom stereocenters. The number of halogens is 2. The minimum Gasteiger partial charge on any atom is -0.291 e. The van der Waals surface area contributed by atoms with Crippen molar-refractivity contribution in [2.75, 3.05) is 11.2 Å². The molecular weight excluding hydrogens is 219 g/mol. The molecule has 0 saturated heterocycles. The molecule has 0 N–H and O–H groups in total. The predicted octanol–water partition coefficient (Wildman–Crippen LogP) is 1.54. The van der Waals surface area contributed by atoms with Crippen molar-refractivity contribution in [2.24, 2.45) is 0 Å². The molecule has 0 spiro atoms.